The lowest BCUT2D eigenvalue weighted by atomic mass is 9.89. The molecule has 0 unspecified atom stereocenters. The number of aromatic nitrogens is 2. The summed E-state index contributed by atoms with van der Waals surface area (Å²) in [5.41, 5.74) is 4.03. The highest BCUT2D eigenvalue weighted by Gasteiger charge is 2.24. The number of rotatable bonds is 12. The zero-order chi connectivity index (χ0) is 29.6. The van der Waals surface area contributed by atoms with E-state index in [1.807, 2.05) is 0 Å². The lowest BCUT2D eigenvalue weighted by Gasteiger charge is -2.21. The summed E-state index contributed by atoms with van der Waals surface area (Å²) in [6.45, 7) is 5.92. The highest BCUT2D eigenvalue weighted by Crippen LogP contribution is 2.49. The monoisotopic (exact) mass is 578 g/mol. The number of nitrogens with zero attached hydrogens (tertiary/aromatic N) is 2. The summed E-state index contributed by atoms with van der Waals surface area (Å²) in [6, 6.07) is 25.9. The summed E-state index contributed by atoms with van der Waals surface area (Å²) in [5, 5.41) is 11.4. The molecule has 8 rings (SSSR count). The largest absolute Gasteiger partial charge is 0.492 e. The molecule has 0 spiro atoms. The molecule has 6 aromatic carbocycles. The molecular weight excluding hydrogens is 540 g/mol. The number of fused-ring (bicyclic) bond motifs is 4. The van der Waals surface area contributed by atoms with Crippen LogP contribution in [0.3, 0.4) is 0 Å². The van der Waals surface area contributed by atoms with Gasteiger partial charge in [-0.25, -0.2) is 9.97 Å². The van der Waals surface area contributed by atoms with Crippen molar-refractivity contribution in [2.75, 3.05) is 13.2 Å². The smallest absolute Gasteiger partial charge is 0.135 e. The second kappa shape index (κ2) is 11.2. The minimum Gasteiger partial charge on any atom is -0.492 e. The fraction of sp³-hybridized carbons (Fsp3) is 0.300. The van der Waals surface area contributed by atoms with Crippen LogP contribution in [0.25, 0.3) is 75.9 Å². The Bertz CT molecular complexity index is 2110. The van der Waals surface area contributed by atoms with Gasteiger partial charge in [0, 0.05) is 53.9 Å². The SMILES string of the molecule is CCCCCCOc1c2ccccc2c2nc3ccc4c(OCCCCCC)c5ccccc5c5nc6ccc1c2c6c3c45. The molecular formula is C40H38N2O2. The fourth-order valence-corrected chi connectivity index (χ4v) is 7.27. The Hall–Kier alpha value is -4.44. The van der Waals surface area contributed by atoms with Crippen molar-refractivity contribution >= 4 is 75.9 Å². The highest BCUT2D eigenvalue weighted by atomic mass is 16.5. The van der Waals surface area contributed by atoms with Gasteiger partial charge in [0.25, 0.3) is 0 Å². The second-order valence-corrected chi connectivity index (χ2v) is 12.3. The van der Waals surface area contributed by atoms with E-state index in [1.165, 1.54) is 49.3 Å². The number of hydrogen-bond donors (Lipinski definition) is 0. The molecule has 2 aromatic heterocycles. The summed E-state index contributed by atoms with van der Waals surface area (Å²) < 4.78 is 13.3. The molecule has 0 aliphatic rings. The van der Waals surface area contributed by atoms with Gasteiger partial charge in [-0.15, -0.1) is 0 Å². The molecule has 0 aliphatic heterocycles. The normalized spacial score (nSPS) is 12.3. The fourth-order valence-electron chi connectivity index (χ4n) is 7.27. The highest BCUT2D eigenvalue weighted by molar-refractivity contribution is 6.39. The van der Waals surface area contributed by atoms with Gasteiger partial charge < -0.3 is 9.47 Å². The van der Waals surface area contributed by atoms with E-state index in [0.717, 1.165) is 89.5 Å². The first-order chi connectivity index (χ1) is 21.8. The molecule has 44 heavy (non-hydrogen) atoms. The van der Waals surface area contributed by atoms with Crippen LogP contribution in [0.4, 0.5) is 0 Å². The van der Waals surface area contributed by atoms with E-state index in [0.29, 0.717) is 13.2 Å². The predicted octanol–water partition coefficient (Wildman–Crippen LogP) is 11.3. The van der Waals surface area contributed by atoms with E-state index in [-0.39, 0.29) is 0 Å². The number of benzene rings is 6. The molecule has 8 aromatic rings. The quantitative estimate of drug-likeness (QED) is 0.0821. The zero-order valence-corrected chi connectivity index (χ0v) is 25.7. The molecule has 0 amide bonds. The van der Waals surface area contributed by atoms with E-state index in [4.69, 9.17) is 19.4 Å². The molecule has 0 saturated carbocycles. The third-order valence-corrected chi connectivity index (χ3v) is 9.39. The Morgan fingerprint density at radius 3 is 1.30 bits per heavy atom. The Balaban J connectivity index is 1.42. The van der Waals surface area contributed by atoms with Crippen LogP contribution in [-0.4, -0.2) is 23.2 Å². The van der Waals surface area contributed by atoms with Crippen LogP contribution < -0.4 is 9.47 Å². The molecule has 0 radical (unpaired) electrons. The molecule has 4 nitrogen and oxygen atoms in total. The van der Waals surface area contributed by atoms with Crippen molar-refractivity contribution < 1.29 is 9.47 Å². The molecule has 0 bridgehead atoms. The van der Waals surface area contributed by atoms with Crippen LogP contribution in [-0.2, 0) is 0 Å². The summed E-state index contributed by atoms with van der Waals surface area (Å²) in [4.78, 5) is 10.8. The van der Waals surface area contributed by atoms with Gasteiger partial charge in [0.1, 0.15) is 11.5 Å². The van der Waals surface area contributed by atoms with Crippen molar-refractivity contribution in [2.45, 2.75) is 65.2 Å². The number of ether oxygens (including phenoxy) is 2. The van der Waals surface area contributed by atoms with Gasteiger partial charge in [0.15, 0.2) is 0 Å². The van der Waals surface area contributed by atoms with Gasteiger partial charge in [-0.3, -0.25) is 0 Å². The molecule has 0 saturated heterocycles. The van der Waals surface area contributed by atoms with Gasteiger partial charge in [0.2, 0.25) is 0 Å². The zero-order valence-electron chi connectivity index (χ0n) is 25.7. The molecule has 0 atom stereocenters. The number of unbranched alkanes of at least 4 members (excludes halogenated alkanes) is 6. The maximum atomic E-state index is 6.65. The third kappa shape index (κ3) is 4.18. The van der Waals surface area contributed by atoms with Crippen molar-refractivity contribution in [3.63, 3.8) is 0 Å². The summed E-state index contributed by atoms with van der Waals surface area (Å²) >= 11 is 0. The standard InChI is InChI=1S/C40H38N2O2/c1-3-5-7-13-23-43-39-27-17-11-9-15-25(27)37-33-29(39)19-21-31-35(33)36-32(41-37)22-20-30-34(36)38(42-31)26-16-10-12-18-28(26)40(30)44-24-14-8-6-4-2/h9-12,15-22H,3-8,13-14,23-24H2,1-2H3. The average molecular weight is 579 g/mol. The number of pyridine rings is 2. The first kappa shape index (κ1) is 27.1. The Morgan fingerprint density at radius 2 is 0.864 bits per heavy atom. The van der Waals surface area contributed by atoms with E-state index in [2.05, 4.69) is 86.6 Å². The van der Waals surface area contributed by atoms with E-state index >= 15 is 0 Å². The van der Waals surface area contributed by atoms with Crippen LogP contribution in [0.2, 0.25) is 0 Å². The Kier molecular flexibility index (Phi) is 6.93. The van der Waals surface area contributed by atoms with Crippen LogP contribution >= 0.6 is 0 Å². The molecule has 4 heteroatoms. The predicted molar refractivity (Wildman–Crippen MR) is 186 cm³/mol. The van der Waals surface area contributed by atoms with Crippen molar-refractivity contribution in [3.8, 4) is 11.5 Å². The van der Waals surface area contributed by atoms with E-state index in [1.54, 1.807) is 0 Å². The second-order valence-electron chi connectivity index (χ2n) is 12.3. The van der Waals surface area contributed by atoms with Crippen molar-refractivity contribution in [3.05, 3.63) is 72.8 Å². The van der Waals surface area contributed by atoms with Crippen LogP contribution in [0, 0.1) is 0 Å². The summed E-state index contributed by atoms with van der Waals surface area (Å²) in [6.07, 6.45) is 9.40. The van der Waals surface area contributed by atoms with Gasteiger partial charge >= 0.3 is 0 Å². The molecule has 2 heterocycles. The summed E-state index contributed by atoms with van der Waals surface area (Å²) in [5.74, 6) is 1.93. The topological polar surface area (TPSA) is 44.2 Å². The van der Waals surface area contributed by atoms with Gasteiger partial charge in [0.05, 0.1) is 35.3 Å². The van der Waals surface area contributed by atoms with Crippen LogP contribution in [0.5, 0.6) is 11.5 Å². The Morgan fingerprint density at radius 1 is 0.432 bits per heavy atom. The van der Waals surface area contributed by atoms with Crippen molar-refractivity contribution in [1.29, 1.82) is 0 Å². The van der Waals surface area contributed by atoms with Gasteiger partial charge in [-0.1, -0.05) is 101 Å². The maximum Gasteiger partial charge on any atom is 0.135 e. The third-order valence-electron chi connectivity index (χ3n) is 9.39. The first-order valence-electron chi connectivity index (χ1n) is 16.5. The minimum absolute atomic E-state index is 0.714. The van der Waals surface area contributed by atoms with Crippen molar-refractivity contribution in [1.82, 2.24) is 9.97 Å². The molecule has 0 fully saturated rings. The van der Waals surface area contributed by atoms with E-state index < -0.39 is 0 Å². The van der Waals surface area contributed by atoms with E-state index in [9.17, 15) is 0 Å². The molecule has 0 aliphatic carbocycles. The Labute approximate surface area is 257 Å². The minimum atomic E-state index is 0.714. The number of hydrogen-bond acceptors (Lipinski definition) is 4. The molecule has 220 valence electrons. The average Bonchev–Trinajstić information content (AvgIpc) is 3.07. The lowest BCUT2D eigenvalue weighted by Crippen LogP contribution is -2.02. The molecule has 0 N–H and O–H groups in total. The maximum absolute atomic E-state index is 6.65. The van der Waals surface area contributed by atoms with Gasteiger partial charge in [-0.2, -0.15) is 0 Å². The van der Waals surface area contributed by atoms with Gasteiger partial charge in [-0.05, 0) is 37.1 Å². The summed E-state index contributed by atoms with van der Waals surface area (Å²) in [7, 11) is 0. The lowest BCUT2D eigenvalue weighted by molar-refractivity contribution is 0.312. The first-order valence-corrected chi connectivity index (χ1v) is 16.5. The van der Waals surface area contributed by atoms with Crippen LogP contribution in [0.1, 0.15) is 65.2 Å². The van der Waals surface area contributed by atoms with Crippen molar-refractivity contribution in [2.24, 2.45) is 0 Å². The van der Waals surface area contributed by atoms with Crippen LogP contribution in [0.15, 0.2) is 72.8 Å².